The molecule has 0 amide bonds. The van der Waals surface area contributed by atoms with Gasteiger partial charge in [-0.25, -0.2) is 0 Å². The molecule has 1 heterocycles. The lowest BCUT2D eigenvalue weighted by atomic mass is 9.84. The summed E-state index contributed by atoms with van der Waals surface area (Å²) in [7, 11) is 0. The zero-order valence-electron chi connectivity index (χ0n) is 11.5. The second kappa shape index (κ2) is 6.42. The fraction of sp³-hybridized carbons (Fsp3) is 0.438. The molecule has 0 spiro atoms. The van der Waals surface area contributed by atoms with Crippen molar-refractivity contribution in [1.82, 2.24) is 4.57 Å². The van der Waals surface area contributed by atoms with E-state index in [1.807, 2.05) is 36.7 Å². The van der Waals surface area contributed by atoms with Gasteiger partial charge >= 0.3 is 0 Å². The number of rotatable bonds is 2. The first-order valence-electron chi connectivity index (χ1n) is 7.12. The van der Waals surface area contributed by atoms with Gasteiger partial charge in [-0.1, -0.05) is 43.5 Å². The Morgan fingerprint density at radius 2 is 1.65 bits per heavy atom. The number of fused-ring (bicyclic) bond motifs is 1. The Labute approximate surface area is 125 Å². The third-order valence-electron chi connectivity index (χ3n) is 4.25. The fourth-order valence-corrected chi connectivity index (χ4v) is 3.08. The molecule has 1 saturated carbocycles. The maximum absolute atomic E-state index is 12.5. The van der Waals surface area contributed by atoms with Gasteiger partial charge in [-0.2, -0.15) is 0 Å². The zero-order valence-corrected chi connectivity index (χ0v) is 12.3. The second-order valence-electron chi connectivity index (χ2n) is 5.56. The van der Waals surface area contributed by atoms with E-state index in [1.54, 1.807) is 4.57 Å². The van der Waals surface area contributed by atoms with Crippen LogP contribution in [0, 0.1) is 5.92 Å². The highest BCUT2D eigenvalue weighted by Gasteiger charge is 2.27. The van der Waals surface area contributed by atoms with Gasteiger partial charge in [-0.05, 0) is 29.5 Å². The first kappa shape index (κ1) is 15.1. The van der Waals surface area contributed by atoms with Crippen LogP contribution in [0.2, 0.25) is 0 Å². The molecule has 1 aromatic heterocycles. The minimum atomic E-state index is -0.359. The van der Waals surface area contributed by atoms with Gasteiger partial charge in [0.05, 0.1) is 6.04 Å². The van der Waals surface area contributed by atoms with Gasteiger partial charge in [0.25, 0.3) is 0 Å². The molecule has 0 radical (unpaired) electrons. The van der Waals surface area contributed by atoms with E-state index in [1.165, 1.54) is 19.3 Å². The minimum Gasteiger partial charge on any atom is -0.320 e. The van der Waals surface area contributed by atoms with Gasteiger partial charge in [-0.15, -0.1) is 12.4 Å². The average Bonchev–Trinajstić information content (AvgIpc) is 2.90. The lowest BCUT2D eigenvalue weighted by molar-refractivity contribution is 0.0832. The molecule has 2 aromatic rings. The molecule has 0 aliphatic heterocycles. The van der Waals surface area contributed by atoms with E-state index in [4.69, 9.17) is 5.73 Å². The third kappa shape index (κ3) is 2.89. The average molecular weight is 293 g/mol. The number of hydrogen-bond donors (Lipinski definition) is 1. The van der Waals surface area contributed by atoms with Crippen LogP contribution in [0.15, 0.2) is 36.7 Å². The van der Waals surface area contributed by atoms with Crippen LogP contribution < -0.4 is 5.73 Å². The fourth-order valence-electron chi connectivity index (χ4n) is 3.08. The first-order valence-corrected chi connectivity index (χ1v) is 7.12. The number of aromatic nitrogens is 1. The van der Waals surface area contributed by atoms with Crippen molar-refractivity contribution in [2.45, 2.75) is 38.1 Å². The monoisotopic (exact) mass is 292 g/mol. The number of nitrogens with two attached hydrogens (primary N) is 1. The molecular weight excluding hydrogens is 272 g/mol. The van der Waals surface area contributed by atoms with Gasteiger partial charge in [0.1, 0.15) is 0 Å². The smallest absolute Gasteiger partial charge is 0.247 e. The molecule has 1 atom stereocenters. The summed E-state index contributed by atoms with van der Waals surface area (Å²) in [6.45, 7) is 0. The molecule has 3 nitrogen and oxygen atoms in total. The van der Waals surface area contributed by atoms with E-state index >= 15 is 0 Å². The van der Waals surface area contributed by atoms with Gasteiger partial charge in [0.15, 0.2) is 0 Å². The van der Waals surface area contributed by atoms with Crippen molar-refractivity contribution >= 4 is 29.1 Å². The lowest BCUT2D eigenvalue weighted by Gasteiger charge is -2.26. The number of benzene rings is 1. The van der Waals surface area contributed by atoms with Crippen molar-refractivity contribution in [3.63, 3.8) is 0 Å². The Balaban J connectivity index is 0.00000147. The normalized spacial score (nSPS) is 17.6. The Bertz CT molecular complexity index is 554. The predicted molar refractivity (Wildman–Crippen MR) is 84.4 cm³/mol. The highest BCUT2D eigenvalue weighted by atomic mass is 35.5. The summed E-state index contributed by atoms with van der Waals surface area (Å²) in [6.07, 6.45) is 9.66. The minimum absolute atomic E-state index is 0. The summed E-state index contributed by atoms with van der Waals surface area (Å²) < 4.78 is 1.67. The van der Waals surface area contributed by atoms with Crippen LogP contribution in [0.3, 0.4) is 0 Å². The van der Waals surface area contributed by atoms with Gasteiger partial charge in [-0.3, -0.25) is 9.36 Å². The van der Waals surface area contributed by atoms with E-state index in [9.17, 15) is 4.79 Å². The molecule has 0 bridgehead atoms. The van der Waals surface area contributed by atoms with Crippen LogP contribution >= 0.6 is 12.4 Å². The summed E-state index contributed by atoms with van der Waals surface area (Å²) in [5.74, 6) is 0.384. The van der Waals surface area contributed by atoms with Crippen molar-refractivity contribution in [2.75, 3.05) is 0 Å². The summed E-state index contributed by atoms with van der Waals surface area (Å²) in [5.41, 5.74) is 6.18. The lowest BCUT2D eigenvalue weighted by Crippen LogP contribution is -2.41. The summed E-state index contributed by atoms with van der Waals surface area (Å²) in [5, 5.41) is 2.18. The molecule has 1 aliphatic carbocycles. The van der Waals surface area contributed by atoms with Crippen LogP contribution in [0.25, 0.3) is 10.8 Å². The van der Waals surface area contributed by atoms with Crippen LogP contribution in [0.5, 0.6) is 0 Å². The Morgan fingerprint density at radius 3 is 2.20 bits per heavy atom. The van der Waals surface area contributed by atoms with Crippen LogP contribution in [0.4, 0.5) is 0 Å². The van der Waals surface area contributed by atoms with Crippen molar-refractivity contribution in [1.29, 1.82) is 0 Å². The molecule has 1 aliphatic rings. The van der Waals surface area contributed by atoms with E-state index in [0.29, 0.717) is 5.92 Å². The van der Waals surface area contributed by atoms with Gasteiger partial charge in [0, 0.05) is 12.4 Å². The Morgan fingerprint density at radius 1 is 1.10 bits per heavy atom. The quantitative estimate of drug-likeness (QED) is 0.919. The van der Waals surface area contributed by atoms with E-state index in [2.05, 4.69) is 0 Å². The second-order valence-corrected chi connectivity index (χ2v) is 5.56. The van der Waals surface area contributed by atoms with Crippen molar-refractivity contribution < 1.29 is 4.79 Å². The van der Waals surface area contributed by atoms with E-state index in [0.717, 1.165) is 23.6 Å². The zero-order chi connectivity index (χ0) is 13.2. The number of carbonyl (C=O) groups excluding carboxylic acids is 1. The number of carbonyl (C=O) groups is 1. The first-order chi connectivity index (χ1) is 9.25. The predicted octanol–water partition coefficient (Wildman–Crippen LogP) is 3.61. The SMILES string of the molecule is Cl.NC(C(=O)n1cc2ccccc2c1)C1CCCCC1. The molecule has 20 heavy (non-hydrogen) atoms. The van der Waals surface area contributed by atoms with Crippen molar-refractivity contribution in [3.05, 3.63) is 36.7 Å². The number of nitrogens with zero attached hydrogens (tertiary/aromatic N) is 1. The molecule has 0 saturated heterocycles. The Kier molecular flexibility index (Phi) is 4.84. The van der Waals surface area contributed by atoms with E-state index < -0.39 is 0 Å². The topological polar surface area (TPSA) is 48.0 Å². The maximum atomic E-state index is 12.5. The molecule has 3 rings (SSSR count). The molecule has 108 valence electrons. The van der Waals surface area contributed by atoms with Crippen LogP contribution in [0.1, 0.15) is 36.9 Å². The van der Waals surface area contributed by atoms with Crippen molar-refractivity contribution in [3.8, 4) is 0 Å². The molecule has 1 unspecified atom stereocenters. The molecule has 4 heteroatoms. The molecule has 2 N–H and O–H groups in total. The molecule has 1 fully saturated rings. The number of hydrogen-bond acceptors (Lipinski definition) is 2. The number of halogens is 1. The van der Waals surface area contributed by atoms with Crippen LogP contribution in [-0.2, 0) is 0 Å². The molecular formula is C16H21ClN2O. The standard InChI is InChI=1S/C16H20N2O.ClH/c17-15(12-6-2-1-3-7-12)16(19)18-10-13-8-4-5-9-14(13)11-18;/h4-5,8-12,15H,1-3,6-7,17H2;1H. The van der Waals surface area contributed by atoms with Crippen LogP contribution in [-0.4, -0.2) is 16.5 Å². The van der Waals surface area contributed by atoms with E-state index in [-0.39, 0.29) is 24.4 Å². The Hall–Kier alpha value is -1.32. The summed E-state index contributed by atoms with van der Waals surface area (Å²) >= 11 is 0. The highest BCUT2D eigenvalue weighted by molar-refractivity contribution is 5.91. The summed E-state index contributed by atoms with van der Waals surface area (Å²) in [6, 6.07) is 7.65. The third-order valence-corrected chi connectivity index (χ3v) is 4.25. The summed E-state index contributed by atoms with van der Waals surface area (Å²) in [4.78, 5) is 12.5. The molecule has 1 aromatic carbocycles. The largest absolute Gasteiger partial charge is 0.320 e. The highest BCUT2D eigenvalue weighted by Crippen LogP contribution is 2.26. The van der Waals surface area contributed by atoms with Gasteiger partial charge in [0.2, 0.25) is 5.91 Å². The van der Waals surface area contributed by atoms with Crippen molar-refractivity contribution in [2.24, 2.45) is 11.7 Å². The maximum Gasteiger partial charge on any atom is 0.247 e. The van der Waals surface area contributed by atoms with Gasteiger partial charge < -0.3 is 5.73 Å².